The second kappa shape index (κ2) is 8.85. The van der Waals surface area contributed by atoms with Crippen molar-refractivity contribution in [2.24, 2.45) is 0 Å². The number of carbonyl (C=O) groups excluding carboxylic acids is 1. The minimum Gasteiger partial charge on any atom is -0.325 e. The Labute approximate surface area is 124 Å². The number of carbonyl (C=O) groups is 1. The first-order valence-corrected chi connectivity index (χ1v) is 6.47. The van der Waals surface area contributed by atoms with Crippen molar-refractivity contribution in [1.29, 1.82) is 0 Å². The summed E-state index contributed by atoms with van der Waals surface area (Å²) in [5.41, 5.74) is 0.699. The summed E-state index contributed by atoms with van der Waals surface area (Å²) in [4.78, 5) is 15.6. The van der Waals surface area contributed by atoms with Gasteiger partial charge in [-0.25, -0.2) is 4.98 Å². The molecule has 4 nitrogen and oxygen atoms in total. The highest BCUT2D eigenvalue weighted by atomic mass is 79.9. The summed E-state index contributed by atoms with van der Waals surface area (Å²) in [6.07, 6.45) is 2.95. The van der Waals surface area contributed by atoms with Gasteiger partial charge >= 0.3 is 0 Å². The van der Waals surface area contributed by atoms with Crippen molar-refractivity contribution in [1.82, 2.24) is 10.3 Å². The quantitative estimate of drug-likeness (QED) is 0.603. The predicted molar refractivity (Wildman–Crippen MR) is 78.7 cm³/mol. The Morgan fingerprint density at radius 1 is 1.47 bits per heavy atom. The van der Waals surface area contributed by atoms with E-state index >= 15 is 0 Å². The van der Waals surface area contributed by atoms with Crippen LogP contribution in [-0.4, -0.2) is 24.5 Å². The lowest BCUT2D eigenvalue weighted by atomic mass is 10.3. The molecule has 0 aromatic carbocycles. The summed E-state index contributed by atoms with van der Waals surface area (Å²) in [5.74, 6) is 0.00581. The first-order chi connectivity index (χ1) is 7.63. The van der Waals surface area contributed by atoms with Crippen LogP contribution in [0, 0.1) is 0 Å². The zero-order valence-corrected chi connectivity index (χ0v) is 13.3. The standard InChI is InChI=1S/C10H13Br2N3O.ClH/c1-13-4-2-3-9(16)15-7-5-8(11)10(12)14-6-7;/h5-6,13H,2-4H2,1H3,(H,15,16);1H. The zero-order valence-electron chi connectivity index (χ0n) is 9.30. The first-order valence-electron chi connectivity index (χ1n) is 4.89. The molecule has 0 radical (unpaired) electrons. The van der Waals surface area contributed by atoms with Crippen molar-refractivity contribution in [2.75, 3.05) is 18.9 Å². The Balaban J connectivity index is 0.00000256. The molecular formula is C10H14Br2ClN3O. The number of hydrogen-bond acceptors (Lipinski definition) is 3. The van der Waals surface area contributed by atoms with Crippen molar-refractivity contribution >= 4 is 55.9 Å². The van der Waals surface area contributed by atoms with Crippen LogP contribution in [0.15, 0.2) is 21.3 Å². The van der Waals surface area contributed by atoms with E-state index in [0.717, 1.165) is 22.0 Å². The van der Waals surface area contributed by atoms with Gasteiger partial charge in [-0.15, -0.1) is 12.4 Å². The van der Waals surface area contributed by atoms with Crippen LogP contribution in [0.4, 0.5) is 5.69 Å². The second-order valence-corrected chi connectivity index (χ2v) is 4.86. The van der Waals surface area contributed by atoms with Gasteiger partial charge in [0.05, 0.1) is 16.4 Å². The van der Waals surface area contributed by atoms with Crippen LogP contribution in [-0.2, 0) is 4.79 Å². The molecule has 0 unspecified atom stereocenters. The number of nitrogens with one attached hydrogen (secondary N) is 2. The molecule has 0 saturated heterocycles. The van der Waals surface area contributed by atoms with Gasteiger partial charge in [0, 0.05) is 6.42 Å². The summed E-state index contributed by atoms with van der Waals surface area (Å²) in [7, 11) is 1.87. The lowest BCUT2D eigenvalue weighted by molar-refractivity contribution is -0.116. The van der Waals surface area contributed by atoms with Gasteiger partial charge < -0.3 is 10.6 Å². The molecule has 0 spiro atoms. The summed E-state index contributed by atoms with van der Waals surface area (Å²) < 4.78 is 1.54. The molecule has 0 aliphatic rings. The van der Waals surface area contributed by atoms with Gasteiger partial charge in [0.15, 0.2) is 0 Å². The Hall–Kier alpha value is -0.170. The lowest BCUT2D eigenvalue weighted by Gasteiger charge is -2.05. The summed E-state index contributed by atoms with van der Waals surface area (Å²) in [6.45, 7) is 0.843. The predicted octanol–water partition coefficient (Wildman–Crippen LogP) is 2.97. The maximum atomic E-state index is 11.5. The van der Waals surface area contributed by atoms with Crippen LogP contribution in [0.1, 0.15) is 12.8 Å². The van der Waals surface area contributed by atoms with Gasteiger partial charge in [0.25, 0.3) is 0 Å². The van der Waals surface area contributed by atoms with E-state index in [1.807, 2.05) is 13.1 Å². The molecule has 0 atom stereocenters. The Morgan fingerprint density at radius 2 is 2.18 bits per heavy atom. The molecule has 1 amide bonds. The van der Waals surface area contributed by atoms with Crippen molar-refractivity contribution in [2.45, 2.75) is 12.8 Å². The number of halogens is 3. The molecule has 1 rings (SSSR count). The molecule has 0 saturated carbocycles. The van der Waals surface area contributed by atoms with Crippen LogP contribution in [0.3, 0.4) is 0 Å². The van der Waals surface area contributed by atoms with E-state index in [1.54, 1.807) is 6.20 Å². The zero-order chi connectivity index (χ0) is 12.0. The van der Waals surface area contributed by atoms with Gasteiger partial charge in [-0.1, -0.05) is 0 Å². The number of nitrogens with zero attached hydrogens (tertiary/aromatic N) is 1. The minimum atomic E-state index is 0. The fraction of sp³-hybridized carbons (Fsp3) is 0.400. The average Bonchev–Trinajstić information content (AvgIpc) is 2.24. The molecule has 0 fully saturated rings. The van der Waals surface area contributed by atoms with Gasteiger partial charge in [-0.3, -0.25) is 4.79 Å². The SMILES string of the molecule is CNCCCC(=O)Nc1cnc(Br)c(Br)c1.Cl. The van der Waals surface area contributed by atoms with Crippen LogP contribution in [0.25, 0.3) is 0 Å². The third-order valence-electron chi connectivity index (χ3n) is 1.91. The number of amides is 1. The first kappa shape index (κ1) is 16.8. The molecule has 2 N–H and O–H groups in total. The van der Waals surface area contributed by atoms with Crippen molar-refractivity contribution in [3.05, 3.63) is 21.3 Å². The molecule has 0 aliphatic carbocycles. The highest BCUT2D eigenvalue weighted by Crippen LogP contribution is 2.23. The van der Waals surface area contributed by atoms with Crippen LogP contribution in [0.5, 0.6) is 0 Å². The number of hydrogen-bond donors (Lipinski definition) is 2. The maximum absolute atomic E-state index is 11.5. The topological polar surface area (TPSA) is 54.0 Å². The molecule has 17 heavy (non-hydrogen) atoms. The van der Waals surface area contributed by atoms with Gasteiger partial charge in [-0.2, -0.15) is 0 Å². The van der Waals surface area contributed by atoms with E-state index in [0.29, 0.717) is 12.1 Å². The number of anilines is 1. The molecule has 0 aliphatic heterocycles. The third kappa shape index (κ3) is 6.35. The summed E-state index contributed by atoms with van der Waals surface area (Å²) >= 11 is 6.60. The average molecular weight is 388 g/mol. The van der Waals surface area contributed by atoms with E-state index < -0.39 is 0 Å². The monoisotopic (exact) mass is 385 g/mol. The van der Waals surface area contributed by atoms with E-state index in [1.165, 1.54) is 0 Å². The van der Waals surface area contributed by atoms with Crippen molar-refractivity contribution in [3.8, 4) is 0 Å². The normalized spacial score (nSPS) is 9.59. The van der Waals surface area contributed by atoms with Crippen LogP contribution in [0.2, 0.25) is 0 Å². The van der Waals surface area contributed by atoms with E-state index in [-0.39, 0.29) is 18.3 Å². The smallest absolute Gasteiger partial charge is 0.224 e. The molecule has 1 heterocycles. The molecule has 7 heteroatoms. The van der Waals surface area contributed by atoms with E-state index in [9.17, 15) is 4.79 Å². The highest BCUT2D eigenvalue weighted by molar-refractivity contribution is 9.13. The van der Waals surface area contributed by atoms with E-state index in [2.05, 4.69) is 47.5 Å². The molecular weight excluding hydrogens is 373 g/mol. The molecule has 96 valence electrons. The Morgan fingerprint density at radius 3 is 2.76 bits per heavy atom. The third-order valence-corrected chi connectivity index (χ3v) is 3.68. The van der Waals surface area contributed by atoms with Crippen molar-refractivity contribution in [3.63, 3.8) is 0 Å². The lowest BCUT2D eigenvalue weighted by Crippen LogP contribution is -2.15. The maximum Gasteiger partial charge on any atom is 0.224 e. The van der Waals surface area contributed by atoms with Gasteiger partial charge in [-0.05, 0) is 57.9 Å². The van der Waals surface area contributed by atoms with Crippen LogP contribution < -0.4 is 10.6 Å². The Bertz CT molecular complexity index is 377. The fourth-order valence-corrected chi connectivity index (χ4v) is 1.70. The molecule has 1 aromatic rings. The van der Waals surface area contributed by atoms with Gasteiger partial charge in [0.1, 0.15) is 4.60 Å². The highest BCUT2D eigenvalue weighted by Gasteiger charge is 2.04. The number of pyridine rings is 1. The Kier molecular flexibility index (Phi) is 8.77. The van der Waals surface area contributed by atoms with E-state index in [4.69, 9.17) is 0 Å². The molecule has 0 bridgehead atoms. The fourth-order valence-electron chi connectivity index (χ4n) is 1.14. The molecule has 1 aromatic heterocycles. The van der Waals surface area contributed by atoms with Gasteiger partial charge in [0.2, 0.25) is 5.91 Å². The summed E-state index contributed by atoms with van der Waals surface area (Å²) in [5, 5.41) is 5.79. The second-order valence-electron chi connectivity index (χ2n) is 3.25. The summed E-state index contributed by atoms with van der Waals surface area (Å²) in [6, 6.07) is 1.81. The van der Waals surface area contributed by atoms with Crippen molar-refractivity contribution < 1.29 is 4.79 Å². The minimum absolute atomic E-state index is 0. The van der Waals surface area contributed by atoms with Crippen LogP contribution >= 0.6 is 44.3 Å². The number of rotatable bonds is 5. The largest absolute Gasteiger partial charge is 0.325 e. The number of aromatic nitrogens is 1.